The summed E-state index contributed by atoms with van der Waals surface area (Å²) in [6.07, 6.45) is 0.788. The van der Waals surface area contributed by atoms with Gasteiger partial charge < -0.3 is 9.80 Å². The van der Waals surface area contributed by atoms with Crippen molar-refractivity contribution in [2.75, 3.05) is 31.1 Å². The molecule has 3 rings (SSSR count). The maximum atomic E-state index is 13.0. The van der Waals surface area contributed by atoms with E-state index in [-0.39, 0.29) is 29.2 Å². The molecular formula is C20H28N4O3S. The molecule has 2 aromatic rings. The number of nitrogens with zero attached hydrogens (tertiary/aromatic N) is 4. The number of rotatable bonds is 4. The molecule has 152 valence electrons. The fraction of sp³-hybridized carbons (Fsp3) is 0.550. The van der Waals surface area contributed by atoms with E-state index in [0.717, 1.165) is 11.3 Å². The third-order valence-corrected chi connectivity index (χ3v) is 5.88. The fourth-order valence-corrected chi connectivity index (χ4v) is 4.36. The molecule has 0 spiro atoms. The van der Waals surface area contributed by atoms with Crippen molar-refractivity contribution in [2.24, 2.45) is 0 Å². The third-order valence-electron chi connectivity index (χ3n) is 5.02. The number of thiophene rings is 1. The molecule has 0 radical (unpaired) electrons. The summed E-state index contributed by atoms with van der Waals surface area (Å²) in [5.41, 5.74) is -0.550. The highest BCUT2D eigenvalue weighted by Crippen LogP contribution is 2.20. The number of carbonyl (C=O) groups excluding carboxylic acids is 1. The van der Waals surface area contributed by atoms with Crippen molar-refractivity contribution in [2.45, 2.75) is 46.2 Å². The van der Waals surface area contributed by atoms with Gasteiger partial charge in [-0.05, 0) is 45.6 Å². The molecule has 0 saturated carbocycles. The SMILES string of the molecule is CC(C)n1c(N2CCCN(C(=O)c3cccs3)CC2)cc(=O)n(C(C)C)c1=O. The highest BCUT2D eigenvalue weighted by molar-refractivity contribution is 7.12. The van der Waals surface area contributed by atoms with Crippen LogP contribution >= 0.6 is 11.3 Å². The van der Waals surface area contributed by atoms with E-state index in [2.05, 4.69) is 4.90 Å². The van der Waals surface area contributed by atoms with Crippen molar-refractivity contribution in [3.8, 4) is 0 Å². The number of amides is 1. The van der Waals surface area contributed by atoms with Crippen LogP contribution in [0.1, 0.15) is 55.9 Å². The Morgan fingerprint density at radius 2 is 1.71 bits per heavy atom. The van der Waals surface area contributed by atoms with Crippen molar-refractivity contribution in [1.29, 1.82) is 0 Å². The van der Waals surface area contributed by atoms with E-state index < -0.39 is 0 Å². The second-order valence-electron chi connectivity index (χ2n) is 7.66. The van der Waals surface area contributed by atoms with Crippen LogP contribution in [-0.4, -0.2) is 46.1 Å². The minimum atomic E-state index is -0.275. The molecule has 7 nitrogen and oxygen atoms in total. The maximum Gasteiger partial charge on any atom is 0.333 e. The van der Waals surface area contributed by atoms with Crippen molar-refractivity contribution < 1.29 is 4.79 Å². The van der Waals surface area contributed by atoms with E-state index in [1.54, 1.807) is 10.6 Å². The highest BCUT2D eigenvalue weighted by atomic mass is 32.1. The molecule has 1 aliphatic rings. The molecule has 2 aromatic heterocycles. The van der Waals surface area contributed by atoms with Gasteiger partial charge in [0, 0.05) is 44.3 Å². The van der Waals surface area contributed by atoms with E-state index in [1.165, 1.54) is 15.9 Å². The zero-order valence-electron chi connectivity index (χ0n) is 16.9. The van der Waals surface area contributed by atoms with Gasteiger partial charge in [0.15, 0.2) is 0 Å². The Morgan fingerprint density at radius 3 is 2.32 bits per heavy atom. The smallest absolute Gasteiger partial charge is 0.333 e. The summed E-state index contributed by atoms with van der Waals surface area (Å²) in [5.74, 6) is 0.695. The first-order valence-corrected chi connectivity index (χ1v) is 10.6. The molecular weight excluding hydrogens is 376 g/mol. The van der Waals surface area contributed by atoms with E-state index in [0.29, 0.717) is 32.0 Å². The Balaban J connectivity index is 1.91. The van der Waals surface area contributed by atoms with Gasteiger partial charge in [-0.25, -0.2) is 4.79 Å². The maximum absolute atomic E-state index is 13.0. The van der Waals surface area contributed by atoms with Crippen molar-refractivity contribution in [3.05, 3.63) is 49.3 Å². The fourth-order valence-electron chi connectivity index (χ4n) is 3.67. The molecule has 1 aliphatic heterocycles. The molecule has 0 aromatic carbocycles. The van der Waals surface area contributed by atoms with Crippen LogP contribution in [0.15, 0.2) is 33.2 Å². The van der Waals surface area contributed by atoms with Crippen LogP contribution in [0.2, 0.25) is 0 Å². The third kappa shape index (κ3) is 3.92. The largest absolute Gasteiger partial charge is 0.356 e. The average Bonchev–Trinajstić information content (AvgIpc) is 3.04. The Hall–Kier alpha value is -2.35. The van der Waals surface area contributed by atoms with Gasteiger partial charge in [-0.1, -0.05) is 6.07 Å². The lowest BCUT2D eigenvalue weighted by atomic mass is 10.3. The van der Waals surface area contributed by atoms with Gasteiger partial charge in [0.25, 0.3) is 11.5 Å². The zero-order valence-corrected chi connectivity index (χ0v) is 17.7. The minimum absolute atomic E-state index is 0.0494. The van der Waals surface area contributed by atoms with Crippen molar-refractivity contribution in [1.82, 2.24) is 14.0 Å². The lowest BCUT2D eigenvalue weighted by Crippen LogP contribution is -2.45. The van der Waals surface area contributed by atoms with Crippen molar-refractivity contribution in [3.63, 3.8) is 0 Å². The van der Waals surface area contributed by atoms with Gasteiger partial charge in [0.05, 0.1) is 4.88 Å². The molecule has 28 heavy (non-hydrogen) atoms. The van der Waals surface area contributed by atoms with E-state index in [9.17, 15) is 14.4 Å². The Kier molecular flexibility index (Phi) is 6.07. The van der Waals surface area contributed by atoms with Crippen LogP contribution in [0.25, 0.3) is 0 Å². The van der Waals surface area contributed by atoms with Crippen LogP contribution in [0.4, 0.5) is 5.82 Å². The standard InChI is InChI=1S/C20H28N4O3S/c1-14(2)23-17(13-18(25)24(15(3)4)20(23)27)21-8-6-9-22(11-10-21)19(26)16-7-5-12-28-16/h5,7,12-15H,6,8-11H2,1-4H3. The van der Waals surface area contributed by atoms with Gasteiger partial charge in [0.1, 0.15) is 5.82 Å². The molecule has 8 heteroatoms. The quantitative estimate of drug-likeness (QED) is 0.786. The second kappa shape index (κ2) is 8.34. The Labute approximate surface area is 168 Å². The number of hydrogen-bond acceptors (Lipinski definition) is 5. The topological polar surface area (TPSA) is 67.5 Å². The van der Waals surface area contributed by atoms with Crippen molar-refractivity contribution >= 4 is 23.1 Å². The van der Waals surface area contributed by atoms with E-state index in [4.69, 9.17) is 0 Å². The summed E-state index contributed by atoms with van der Waals surface area (Å²) in [6, 6.07) is 5.03. The first kappa shape index (κ1) is 20.4. The molecule has 0 atom stereocenters. The number of carbonyl (C=O) groups is 1. The summed E-state index contributed by atoms with van der Waals surface area (Å²) in [4.78, 5) is 42.9. The summed E-state index contributed by atoms with van der Waals surface area (Å²) in [7, 11) is 0. The van der Waals surface area contributed by atoms with Crippen LogP contribution in [0, 0.1) is 0 Å². The molecule has 0 bridgehead atoms. The van der Waals surface area contributed by atoms with Gasteiger partial charge in [-0.3, -0.25) is 18.7 Å². The van der Waals surface area contributed by atoms with E-state index in [1.807, 2.05) is 50.1 Å². The molecule has 0 aliphatic carbocycles. The molecule has 1 saturated heterocycles. The first-order chi connectivity index (χ1) is 13.3. The Bertz CT molecular complexity index is 943. The van der Waals surface area contributed by atoms with Gasteiger partial charge in [-0.2, -0.15) is 0 Å². The van der Waals surface area contributed by atoms with Crippen LogP contribution < -0.4 is 16.1 Å². The predicted molar refractivity (Wildman–Crippen MR) is 113 cm³/mol. The van der Waals surface area contributed by atoms with Gasteiger partial charge in [0.2, 0.25) is 0 Å². The molecule has 3 heterocycles. The predicted octanol–water partition coefficient (Wildman–Crippen LogP) is 2.59. The highest BCUT2D eigenvalue weighted by Gasteiger charge is 2.24. The Morgan fingerprint density at radius 1 is 1.00 bits per heavy atom. The van der Waals surface area contributed by atoms with Crippen LogP contribution in [0.5, 0.6) is 0 Å². The summed E-state index contributed by atoms with van der Waals surface area (Å²) < 4.78 is 2.99. The second-order valence-corrected chi connectivity index (χ2v) is 8.61. The zero-order chi connectivity index (χ0) is 20.4. The van der Waals surface area contributed by atoms with Gasteiger partial charge >= 0.3 is 5.69 Å². The summed E-state index contributed by atoms with van der Waals surface area (Å²) >= 11 is 1.45. The van der Waals surface area contributed by atoms with E-state index >= 15 is 0 Å². The molecule has 1 fully saturated rings. The van der Waals surface area contributed by atoms with Gasteiger partial charge in [-0.15, -0.1) is 11.3 Å². The molecule has 1 amide bonds. The normalized spacial score (nSPS) is 15.4. The number of aromatic nitrogens is 2. The monoisotopic (exact) mass is 404 g/mol. The lowest BCUT2D eigenvalue weighted by Gasteiger charge is -2.28. The first-order valence-electron chi connectivity index (χ1n) is 9.77. The number of anilines is 1. The average molecular weight is 405 g/mol. The molecule has 0 N–H and O–H groups in total. The summed E-state index contributed by atoms with van der Waals surface area (Å²) in [5, 5.41) is 1.91. The lowest BCUT2D eigenvalue weighted by molar-refractivity contribution is 0.0772. The number of hydrogen-bond donors (Lipinski definition) is 0. The minimum Gasteiger partial charge on any atom is -0.356 e. The summed E-state index contributed by atoms with van der Waals surface area (Å²) in [6.45, 7) is 10.1. The van der Waals surface area contributed by atoms with Crippen LogP contribution in [-0.2, 0) is 0 Å². The van der Waals surface area contributed by atoms with Crippen LogP contribution in [0.3, 0.4) is 0 Å². The molecule has 0 unspecified atom stereocenters.